The van der Waals surface area contributed by atoms with Gasteiger partial charge in [0.15, 0.2) is 9.84 Å². The Kier molecular flexibility index (Phi) is 3.65. The van der Waals surface area contributed by atoms with Gasteiger partial charge in [0, 0.05) is 31.4 Å². The first kappa shape index (κ1) is 15.7. The Balaban J connectivity index is 1.60. The van der Waals surface area contributed by atoms with Crippen LogP contribution in [0.15, 0.2) is 34.7 Å². The number of nitrogens with zero attached hydrogens (tertiary/aromatic N) is 2. The zero-order valence-corrected chi connectivity index (χ0v) is 14.3. The molecular weight excluding hydrogens is 328 g/mol. The molecule has 3 heterocycles. The molecule has 0 bridgehead atoms. The molecule has 1 aromatic heterocycles. The van der Waals surface area contributed by atoms with Crippen LogP contribution in [0.3, 0.4) is 0 Å². The number of carbonyl (C=O) groups is 1. The number of carbonyl (C=O) groups excluding carboxylic acids is 1. The van der Waals surface area contributed by atoms with E-state index in [0.717, 1.165) is 16.7 Å². The van der Waals surface area contributed by atoms with E-state index in [1.165, 1.54) is 6.92 Å². The zero-order chi connectivity index (χ0) is 16.9. The van der Waals surface area contributed by atoms with Gasteiger partial charge in [-0.3, -0.25) is 9.69 Å². The molecule has 2 atom stereocenters. The molecule has 2 saturated heterocycles. The molecule has 0 spiro atoms. The minimum atomic E-state index is -3.11. The Morgan fingerprint density at radius 3 is 2.71 bits per heavy atom. The SMILES string of the molecule is CC(=O)N1CCN(Cc2cc3ccccc3o2)[C@@H]2CS(=O)(=O)C[C@@H]21. The maximum Gasteiger partial charge on any atom is 0.219 e. The van der Waals surface area contributed by atoms with E-state index < -0.39 is 9.84 Å². The lowest BCUT2D eigenvalue weighted by Gasteiger charge is -2.43. The van der Waals surface area contributed by atoms with Gasteiger partial charge in [0.1, 0.15) is 11.3 Å². The number of para-hydroxylation sites is 1. The topological polar surface area (TPSA) is 70.8 Å². The van der Waals surface area contributed by atoms with E-state index in [2.05, 4.69) is 4.90 Å². The van der Waals surface area contributed by atoms with E-state index >= 15 is 0 Å². The fraction of sp³-hybridized carbons (Fsp3) is 0.471. The van der Waals surface area contributed by atoms with Gasteiger partial charge in [-0.15, -0.1) is 0 Å². The average Bonchev–Trinajstić information content (AvgIpc) is 3.06. The molecule has 0 saturated carbocycles. The monoisotopic (exact) mass is 348 g/mol. The van der Waals surface area contributed by atoms with Crippen LogP contribution >= 0.6 is 0 Å². The summed E-state index contributed by atoms with van der Waals surface area (Å²) in [5, 5.41) is 1.05. The van der Waals surface area contributed by atoms with Crippen molar-refractivity contribution in [1.82, 2.24) is 9.80 Å². The number of furan rings is 1. The summed E-state index contributed by atoms with van der Waals surface area (Å²) < 4.78 is 30.1. The fourth-order valence-corrected chi connectivity index (χ4v) is 5.94. The molecule has 0 N–H and O–H groups in total. The fourth-order valence-electron chi connectivity index (χ4n) is 3.93. The largest absolute Gasteiger partial charge is 0.460 e. The van der Waals surface area contributed by atoms with Crippen molar-refractivity contribution in [3.05, 3.63) is 36.1 Å². The third-order valence-electron chi connectivity index (χ3n) is 5.03. The molecule has 0 radical (unpaired) electrons. The van der Waals surface area contributed by atoms with Crippen molar-refractivity contribution in [2.75, 3.05) is 24.6 Å². The molecule has 0 unspecified atom stereocenters. The van der Waals surface area contributed by atoms with Gasteiger partial charge in [0.05, 0.1) is 24.1 Å². The molecule has 7 heteroatoms. The van der Waals surface area contributed by atoms with Crippen molar-refractivity contribution in [1.29, 1.82) is 0 Å². The minimum Gasteiger partial charge on any atom is -0.460 e. The number of piperazine rings is 1. The van der Waals surface area contributed by atoms with Crippen LogP contribution in [-0.4, -0.2) is 60.8 Å². The minimum absolute atomic E-state index is 0.0505. The molecule has 2 aliphatic rings. The summed E-state index contributed by atoms with van der Waals surface area (Å²) in [5.41, 5.74) is 0.838. The molecule has 6 nitrogen and oxygen atoms in total. The second kappa shape index (κ2) is 5.60. The van der Waals surface area contributed by atoms with Crippen molar-refractivity contribution < 1.29 is 17.6 Å². The van der Waals surface area contributed by atoms with E-state index in [0.29, 0.717) is 19.6 Å². The first-order valence-electron chi connectivity index (χ1n) is 8.12. The molecule has 24 heavy (non-hydrogen) atoms. The predicted molar refractivity (Wildman–Crippen MR) is 90.2 cm³/mol. The third-order valence-corrected chi connectivity index (χ3v) is 6.73. The molecule has 2 aliphatic heterocycles. The van der Waals surface area contributed by atoms with Crippen LogP contribution < -0.4 is 0 Å². The normalized spacial score (nSPS) is 26.6. The Labute approximate surface area is 140 Å². The lowest BCUT2D eigenvalue weighted by molar-refractivity contribution is -0.134. The molecule has 1 amide bonds. The number of rotatable bonds is 2. The van der Waals surface area contributed by atoms with E-state index in [1.54, 1.807) is 4.90 Å². The molecule has 4 rings (SSSR count). The average molecular weight is 348 g/mol. The first-order valence-corrected chi connectivity index (χ1v) is 9.94. The highest BCUT2D eigenvalue weighted by Crippen LogP contribution is 2.29. The van der Waals surface area contributed by atoms with E-state index in [-0.39, 0.29) is 29.5 Å². The highest BCUT2D eigenvalue weighted by Gasteiger charge is 2.47. The summed E-state index contributed by atoms with van der Waals surface area (Å²) in [7, 11) is -3.11. The van der Waals surface area contributed by atoms with Crippen LogP contribution in [0.5, 0.6) is 0 Å². The summed E-state index contributed by atoms with van der Waals surface area (Å²) in [6, 6.07) is 9.43. The van der Waals surface area contributed by atoms with Gasteiger partial charge >= 0.3 is 0 Å². The molecule has 2 aromatic rings. The quantitative estimate of drug-likeness (QED) is 0.817. The van der Waals surface area contributed by atoms with Crippen LogP contribution in [0.25, 0.3) is 11.0 Å². The smallest absolute Gasteiger partial charge is 0.219 e. The predicted octanol–water partition coefficient (Wildman–Crippen LogP) is 1.26. The third kappa shape index (κ3) is 2.71. The van der Waals surface area contributed by atoms with Gasteiger partial charge < -0.3 is 9.32 Å². The lowest BCUT2D eigenvalue weighted by atomic mass is 10.0. The molecule has 2 fully saturated rings. The molecule has 1 aromatic carbocycles. The van der Waals surface area contributed by atoms with Gasteiger partial charge in [-0.05, 0) is 12.1 Å². The summed E-state index contributed by atoms with van der Waals surface area (Å²) in [6.07, 6.45) is 0. The maximum atomic E-state index is 12.1. The maximum absolute atomic E-state index is 12.1. The van der Waals surface area contributed by atoms with Gasteiger partial charge in [-0.1, -0.05) is 18.2 Å². The summed E-state index contributed by atoms with van der Waals surface area (Å²) in [5.74, 6) is 0.955. The lowest BCUT2D eigenvalue weighted by Crippen LogP contribution is -2.59. The number of hydrogen-bond acceptors (Lipinski definition) is 5. The summed E-state index contributed by atoms with van der Waals surface area (Å²) in [6.45, 7) is 3.30. The Morgan fingerprint density at radius 2 is 1.96 bits per heavy atom. The second-order valence-electron chi connectivity index (χ2n) is 6.65. The van der Waals surface area contributed by atoms with Crippen molar-refractivity contribution >= 4 is 26.7 Å². The van der Waals surface area contributed by atoms with Crippen LogP contribution in [0, 0.1) is 0 Å². The van der Waals surface area contributed by atoms with Crippen molar-refractivity contribution in [2.45, 2.75) is 25.6 Å². The van der Waals surface area contributed by atoms with Crippen molar-refractivity contribution in [3.63, 3.8) is 0 Å². The number of sulfone groups is 1. The van der Waals surface area contributed by atoms with E-state index in [4.69, 9.17) is 4.42 Å². The van der Waals surface area contributed by atoms with Crippen molar-refractivity contribution in [3.8, 4) is 0 Å². The van der Waals surface area contributed by atoms with Crippen LogP contribution in [-0.2, 0) is 21.2 Å². The zero-order valence-electron chi connectivity index (χ0n) is 13.5. The van der Waals surface area contributed by atoms with Crippen molar-refractivity contribution in [2.24, 2.45) is 0 Å². The Morgan fingerprint density at radius 1 is 1.21 bits per heavy atom. The standard InChI is InChI=1S/C17H20N2O4S/c1-12(20)19-7-6-18(15-10-24(21,22)11-16(15)19)9-14-8-13-4-2-3-5-17(13)23-14/h2-5,8,15-16H,6-7,9-11H2,1H3/t15-,16+/m1/s1. The molecular formula is C17H20N2O4S. The van der Waals surface area contributed by atoms with Gasteiger partial charge in [-0.25, -0.2) is 8.42 Å². The summed E-state index contributed by atoms with van der Waals surface area (Å²) >= 11 is 0. The van der Waals surface area contributed by atoms with E-state index in [9.17, 15) is 13.2 Å². The Bertz CT molecular complexity index is 856. The Hall–Kier alpha value is -1.86. The highest BCUT2D eigenvalue weighted by molar-refractivity contribution is 7.91. The number of amides is 1. The van der Waals surface area contributed by atoms with E-state index in [1.807, 2.05) is 30.3 Å². The number of benzene rings is 1. The number of hydrogen-bond donors (Lipinski definition) is 0. The van der Waals surface area contributed by atoms with Gasteiger partial charge in [0.25, 0.3) is 0 Å². The van der Waals surface area contributed by atoms with Gasteiger partial charge in [-0.2, -0.15) is 0 Å². The van der Waals surface area contributed by atoms with Crippen LogP contribution in [0.1, 0.15) is 12.7 Å². The van der Waals surface area contributed by atoms with Crippen LogP contribution in [0.4, 0.5) is 0 Å². The molecule has 128 valence electrons. The second-order valence-corrected chi connectivity index (χ2v) is 8.80. The number of fused-ring (bicyclic) bond motifs is 2. The first-order chi connectivity index (χ1) is 11.4. The summed E-state index contributed by atoms with van der Waals surface area (Å²) in [4.78, 5) is 15.7. The molecule has 0 aliphatic carbocycles. The highest BCUT2D eigenvalue weighted by atomic mass is 32.2. The van der Waals surface area contributed by atoms with Gasteiger partial charge in [0.2, 0.25) is 5.91 Å². The van der Waals surface area contributed by atoms with Crippen LogP contribution in [0.2, 0.25) is 0 Å².